The molecule has 1 saturated heterocycles. The van der Waals surface area contributed by atoms with E-state index in [1.54, 1.807) is 14.2 Å². The lowest BCUT2D eigenvalue weighted by molar-refractivity contribution is 0.147. The summed E-state index contributed by atoms with van der Waals surface area (Å²) in [6.45, 7) is 3.34. The predicted octanol–water partition coefficient (Wildman–Crippen LogP) is 1.33. The van der Waals surface area contributed by atoms with E-state index in [4.69, 9.17) is 8.85 Å². The lowest BCUT2D eigenvalue weighted by Crippen LogP contribution is -2.60. The van der Waals surface area contributed by atoms with Gasteiger partial charge in [-0.05, 0) is 26.4 Å². The van der Waals surface area contributed by atoms with Crippen LogP contribution in [0.1, 0.15) is 19.8 Å². The molecule has 0 amide bonds. The van der Waals surface area contributed by atoms with E-state index >= 15 is 0 Å². The van der Waals surface area contributed by atoms with Gasteiger partial charge in [-0.25, -0.2) is 0 Å². The van der Waals surface area contributed by atoms with Gasteiger partial charge < -0.3 is 8.85 Å². The first-order valence-corrected chi connectivity index (χ1v) is 6.33. The predicted molar refractivity (Wildman–Crippen MR) is 51.1 cm³/mol. The van der Waals surface area contributed by atoms with Crippen molar-refractivity contribution in [2.45, 2.75) is 25.3 Å². The van der Waals surface area contributed by atoms with E-state index in [9.17, 15) is 0 Å². The van der Waals surface area contributed by atoms with Crippen molar-refractivity contribution in [1.29, 1.82) is 0 Å². The highest BCUT2D eigenvalue weighted by Gasteiger charge is 2.48. The van der Waals surface area contributed by atoms with E-state index in [-0.39, 0.29) is 0 Å². The maximum atomic E-state index is 5.60. The van der Waals surface area contributed by atoms with Crippen LogP contribution in [0.3, 0.4) is 0 Å². The van der Waals surface area contributed by atoms with Crippen LogP contribution in [0.4, 0.5) is 0 Å². The summed E-state index contributed by atoms with van der Waals surface area (Å²) in [6, 6.07) is 0. The minimum atomic E-state index is -2.00. The average molecular weight is 189 g/mol. The number of hydrogen-bond donors (Lipinski definition) is 0. The van der Waals surface area contributed by atoms with E-state index in [1.807, 2.05) is 0 Å². The zero-order valence-corrected chi connectivity index (χ0v) is 9.46. The van der Waals surface area contributed by atoms with Gasteiger partial charge in [-0.1, -0.05) is 6.92 Å². The number of nitrogens with zero attached hydrogens (tertiary/aromatic N) is 1. The van der Waals surface area contributed by atoms with Gasteiger partial charge in [-0.3, -0.25) is 4.57 Å². The molecule has 0 aromatic heterocycles. The molecule has 0 N–H and O–H groups in total. The van der Waals surface area contributed by atoms with E-state index in [0.717, 1.165) is 6.54 Å². The highest BCUT2D eigenvalue weighted by Crippen LogP contribution is 2.33. The second-order valence-corrected chi connectivity index (χ2v) is 7.33. The molecule has 0 saturated carbocycles. The molecule has 1 unspecified atom stereocenters. The summed E-state index contributed by atoms with van der Waals surface area (Å²) in [5.74, 6) is 0. The van der Waals surface area contributed by atoms with Crippen molar-refractivity contribution in [3.63, 3.8) is 0 Å². The molecule has 0 aromatic carbocycles. The van der Waals surface area contributed by atoms with Crippen molar-refractivity contribution in [2.75, 3.05) is 27.8 Å². The fraction of sp³-hybridized carbons (Fsp3) is 1.00. The van der Waals surface area contributed by atoms with Crippen molar-refractivity contribution < 1.29 is 8.85 Å². The average Bonchev–Trinajstić information content (AvgIpc) is 2.06. The lowest BCUT2D eigenvalue weighted by atomic mass is 10.2. The van der Waals surface area contributed by atoms with Crippen molar-refractivity contribution in [3.05, 3.63) is 0 Å². The number of rotatable bonds is 2. The molecule has 1 rings (SSSR count). The van der Waals surface area contributed by atoms with Crippen molar-refractivity contribution in [3.8, 4) is 0 Å². The van der Waals surface area contributed by atoms with E-state index in [1.165, 1.54) is 12.8 Å². The summed E-state index contributed by atoms with van der Waals surface area (Å²) in [7, 11) is 3.65. The first kappa shape index (κ1) is 10.2. The minimum absolute atomic E-state index is 0.575. The van der Waals surface area contributed by atoms with E-state index in [0.29, 0.717) is 5.54 Å². The SMILES string of the molecule is CO[Si]1(OC)C(C)CCCN1C. The molecular weight excluding hydrogens is 170 g/mol. The molecule has 1 fully saturated rings. The third kappa shape index (κ3) is 1.44. The molecular formula is C8H19NO2Si. The molecule has 72 valence electrons. The summed E-state index contributed by atoms with van der Waals surface area (Å²) in [4.78, 5) is 0. The summed E-state index contributed by atoms with van der Waals surface area (Å²) >= 11 is 0. The molecule has 1 atom stereocenters. The third-order valence-corrected chi connectivity index (χ3v) is 6.86. The smallest absolute Gasteiger partial charge is 0.386 e. The summed E-state index contributed by atoms with van der Waals surface area (Å²) < 4.78 is 13.5. The third-order valence-electron chi connectivity index (χ3n) is 2.87. The normalized spacial score (nSPS) is 30.5. The topological polar surface area (TPSA) is 21.7 Å². The van der Waals surface area contributed by atoms with Crippen molar-refractivity contribution >= 4 is 8.72 Å². The molecule has 0 radical (unpaired) electrons. The zero-order chi connectivity index (χ0) is 9.19. The van der Waals surface area contributed by atoms with Crippen LogP contribution in [0, 0.1) is 0 Å². The van der Waals surface area contributed by atoms with Gasteiger partial charge >= 0.3 is 8.72 Å². The Kier molecular flexibility index (Phi) is 3.28. The standard InChI is InChI=1S/C8H19NO2Si/c1-8-6-5-7-9(2)12(8,10-3)11-4/h8H,5-7H2,1-4H3. The fourth-order valence-corrected chi connectivity index (χ4v) is 5.53. The summed E-state index contributed by atoms with van der Waals surface area (Å²) in [5, 5.41) is 0. The minimum Gasteiger partial charge on any atom is -0.386 e. The van der Waals surface area contributed by atoms with Gasteiger partial charge in [0.25, 0.3) is 0 Å². The maximum Gasteiger partial charge on any atom is 0.430 e. The summed E-state index contributed by atoms with van der Waals surface area (Å²) in [6.07, 6.45) is 2.50. The molecule has 0 spiro atoms. The van der Waals surface area contributed by atoms with Crippen LogP contribution in [-0.2, 0) is 8.85 Å². The Morgan fingerprint density at radius 3 is 2.25 bits per heavy atom. The van der Waals surface area contributed by atoms with Crippen LogP contribution in [0.5, 0.6) is 0 Å². The second-order valence-electron chi connectivity index (χ2n) is 3.50. The van der Waals surface area contributed by atoms with Crippen LogP contribution in [0.15, 0.2) is 0 Å². The zero-order valence-electron chi connectivity index (χ0n) is 8.46. The molecule has 0 bridgehead atoms. The number of hydrogen-bond acceptors (Lipinski definition) is 3. The van der Waals surface area contributed by atoms with Gasteiger partial charge in [-0.2, -0.15) is 0 Å². The molecule has 1 aliphatic rings. The fourth-order valence-electron chi connectivity index (χ4n) is 2.15. The van der Waals surface area contributed by atoms with Gasteiger partial charge in [0.05, 0.1) is 0 Å². The van der Waals surface area contributed by atoms with Gasteiger partial charge in [0.1, 0.15) is 0 Å². The maximum absolute atomic E-state index is 5.60. The van der Waals surface area contributed by atoms with E-state index < -0.39 is 8.72 Å². The highest BCUT2D eigenvalue weighted by molar-refractivity contribution is 6.66. The highest BCUT2D eigenvalue weighted by atomic mass is 28.4. The van der Waals surface area contributed by atoms with Crippen molar-refractivity contribution in [1.82, 2.24) is 4.57 Å². The molecule has 12 heavy (non-hydrogen) atoms. The largest absolute Gasteiger partial charge is 0.430 e. The molecule has 0 aromatic rings. The van der Waals surface area contributed by atoms with Gasteiger partial charge in [0, 0.05) is 19.8 Å². The Hall–Kier alpha value is 0.0969. The molecule has 1 heterocycles. The van der Waals surface area contributed by atoms with Crippen LogP contribution in [0.2, 0.25) is 5.54 Å². The van der Waals surface area contributed by atoms with Crippen LogP contribution in [0.25, 0.3) is 0 Å². The Bertz CT molecular complexity index is 138. The Morgan fingerprint density at radius 2 is 1.92 bits per heavy atom. The molecule has 4 heteroatoms. The Balaban J connectivity index is 2.77. The van der Waals surface area contributed by atoms with Gasteiger partial charge in [0.15, 0.2) is 0 Å². The van der Waals surface area contributed by atoms with Gasteiger partial charge in [-0.15, -0.1) is 0 Å². The summed E-state index contributed by atoms with van der Waals surface area (Å²) in [5.41, 5.74) is 0.575. The molecule has 1 aliphatic heterocycles. The van der Waals surface area contributed by atoms with E-state index in [2.05, 4.69) is 18.5 Å². The van der Waals surface area contributed by atoms with Crippen LogP contribution in [-0.4, -0.2) is 41.1 Å². The molecule has 0 aliphatic carbocycles. The van der Waals surface area contributed by atoms with Crippen molar-refractivity contribution in [2.24, 2.45) is 0 Å². The monoisotopic (exact) mass is 189 g/mol. The van der Waals surface area contributed by atoms with Gasteiger partial charge in [0.2, 0.25) is 0 Å². The Labute approximate surface area is 76.0 Å². The van der Waals surface area contributed by atoms with Crippen LogP contribution < -0.4 is 0 Å². The van der Waals surface area contributed by atoms with Crippen LogP contribution >= 0.6 is 0 Å². The first-order chi connectivity index (χ1) is 5.67. The second kappa shape index (κ2) is 3.87. The molecule has 3 nitrogen and oxygen atoms in total. The Morgan fingerprint density at radius 1 is 1.33 bits per heavy atom. The lowest BCUT2D eigenvalue weighted by Gasteiger charge is -2.43. The quantitative estimate of drug-likeness (QED) is 0.612. The first-order valence-electron chi connectivity index (χ1n) is 4.49.